The average Bonchev–Trinajstić information content (AvgIpc) is 2.60. The SMILES string of the molecule is CN=C(NCCNC(C)(C)C)NCC1CCCN(C)C1c1cccc(Cl)c1.I. The van der Waals surface area contributed by atoms with Crippen LogP contribution < -0.4 is 16.0 Å². The van der Waals surface area contributed by atoms with Crippen LogP contribution in [0.1, 0.15) is 45.2 Å². The van der Waals surface area contributed by atoms with E-state index < -0.39 is 0 Å². The molecule has 0 spiro atoms. The Hall–Kier alpha value is -0.570. The monoisotopic (exact) mass is 521 g/mol. The van der Waals surface area contributed by atoms with E-state index in [9.17, 15) is 0 Å². The summed E-state index contributed by atoms with van der Waals surface area (Å²) in [4.78, 5) is 6.82. The highest BCUT2D eigenvalue weighted by atomic mass is 127. The maximum Gasteiger partial charge on any atom is 0.191 e. The van der Waals surface area contributed by atoms with Gasteiger partial charge in [-0.1, -0.05) is 23.7 Å². The summed E-state index contributed by atoms with van der Waals surface area (Å²) in [7, 11) is 4.04. The molecule has 0 radical (unpaired) electrons. The van der Waals surface area contributed by atoms with E-state index in [0.29, 0.717) is 12.0 Å². The molecule has 2 atom stereocenters. The molecule has 0 aromatic heterocycles. The van der Waals surface area contributed by atoms with Crippen LogP contribution in [0.25, 0.3) is 0 Å². The van der Waals surface area contributed by atoms with Gasteiger partial charge in [0.2, 0.25) is 0 Å². The summed E-state index contributed by atoms with van der Waals surface area (Å²) >= 11 is 6.24. The van der Waals surface area contributed by atoms with E-state index >= 15 is 0 Å². The third-order valence-electron chi connectivity index (χ3n) is 5.03. The van der Waals surface area contributed by atoms with Crippen molar-refractivity contribution in [2.45, 2.75) is 45.2 Å². The minimum absolute atomic E-state index is 0. The molecule has 2 unspecified atom stereocenters. The standard InChI is InChI=1S/C21H36ClN5.HI/c1-21(2,3)26-12-11-24-20(23-4)25-15-17-9-7-13-27(5)19(17)16-8-6-10-18(22)14-16;/h6,8,10,14,17,19,26H,7,9,11-13,15H2,1-5H3,(H2,23,24,25);1H. The Balaban J connectivity index is 0.00000392. The second kappa shape index (κ2) is 12.2. The molecule has 2 rings (SSSR count). The quantitative estimate of drug-likeness (QED) is 0.230. The van der Waals surface area contributed by atoms with E-state index in [4.69, 9.17) is 11.6 Å². The average molecular weight is 522 g/mol. The van der Waals surface area contributed by atoms with E-state index in [-0.39, 0.29) is 29.5 Å². The van der Waals surface area contributed by atoms with Crippen molar-refractivity contribution in [3.8, 4) is 0 Å². The first-order valence-electron chi connectivity index (χ1n) is 9.95. The minimum Gasteiger partial charge on any atom is -0.356 e. The van der Waals surface area contributed by atoms with Crippen LogP contribution in [0.5, 0.6) is 0 Å². The fourth-order valence-electron chi connectivity index (χ4n) is 3.76. The highest BCUT2D eigenvalue weighted by Crippen LogP contribution is 2.35. The number of hydrogen-bond acceptors (Lipinski definition) is 3. The predicted molar refractivity (Wildman–Crippen MR) is 132 cm³/mol. The molecule has 160 valence electrons. The second-order valence-corrected chi connectivity index (χ2v) is 8.88. The van der Waals surface area contributed by atoms with Crippen LogP contribution in [-0.2, 0) is 0 Å². The molecule has 7 heteroatoms. The van der Waals surface area contributed by atoms with Crippen molar-refractivity contribution >= 4 is 41.5 Å². The van der Waals surface area contributed by atoms with Crippen molar-refractivity contribution in [1.29, 1.82) is 0 Å². The van der Waals surface area contributed by atoms with E-state index in [1.807, 2.05) is 19.2 Å². The Bertz CT molecular complexity index is 617. The first-order chi connectivity index (χ1) is 12.8. The molecule has 5 nitrogen and oxygen atoms in total. The van der Waals surface area contributed by atoms with Crippen molar-refractivity contribution < 1.29 is 0 Å². The number of aliphatic imine (C=N–C) groups is 1. The van der Waals surface area contributed by atoms with Gasteiger partial charge in [0.05, 0.1) is 0 Å². The van der Waals surface area contributed by atoms with Crippen LogP contribution in [0.4, 0.5) is 0 Å². The molecule has 1 fully saturated rings. The third kappa shape index (κ3) is 8.43. The van der Waals surface area contributed by atoms with Crippen molar-refractivity contribution in [2.24, 2.45) is 10.9 Å². The minimum atomic E-state index is 0. The van der Waals surface area contributed by atoms with Crippen LogP contribution in [0.2, 0.25) is 5.02 Å². The Morgan fingerprint density at radius 3 is 2.64 bits per heavy atom. The fourth-order valence-corrected chi connectivity index (χ4v) is 3.96. The molecule has 1 aliphatic rings. The second-order valence-electron chi connectivity index (χ2n) is 8.44. The van der Waals surface area contributed by atoms with E-state index in [0.717, 1.165) is 37.2 Å². The summed E-state index contributed by atoms with van der Waals surface area (Å²) in [6.45, 7) is 10.3. The molecule has 1 aromatic rings. The number of guanidine groups is 1. The maximum absolute atomic E-state index is 6.24. The van der Waals surface area contributed by atoms with Gasteiger partial charge in [0.25, 0.3) is 0 Å². The van der Waals surface area contributed by atoms with Gasteiger partial charge in [-0.2, -0.15) is 0 Å². The van der Waals surface area contributed by atoms with E-state index in [1.165, 1.54) is 18.4 Å². The predicted octanol–water partition coefficient (Wildman–Crippen LogP) is 3.89. The lowest BCUT2D eigenvalue weighted by molar-refractivity contribution is 0.122. The molecule has 0 saturated carbocycles. The Labute approximate surface area is 193 Å². The van der Waals surface area contributed by atoms with Crippen LogP contribution in [0.15, 0.2) is 29.3 Å². The molecule has 1 aliphatic heterocycles. The molecular weight excluding hydrogens is 485 g/mol. The van der Waals surface area contributed by atoms with E-state index in [1.54, 1.807) is 0 Å². The molecule has 1 aromatic carbocycles. The summed E-state index contributed by atoms with van der Waals surface area (Å²) in [6.07, 6.45) is 2.43. The third-order valence-corrected chi connectivity index (χ3v) is 5.26. The van der Waals surface area contributed by atoms with Crippen LogP contribution in [-0.4, -0.2) is 56.7 Å². The zero-order chi connectivity index (χ0) is 19.9. The van der Waals surface area contributed by atoms with Gasteiger partial charge in [0, 0.05) is 43.3 Å². The molecule has 0 aliphatic carbocycles. The number of benzene rings is 1. The van der Waals surface area contributed by atoms with Gasteiger partial charge < -0.3 is 16.0 Å². The zero-order valence-electron chi connectivity index (χ0n) is 17.9. The van der Waals surface area contributed by atoms with Gasteiger partial charge in [-0.15, -0.1) is 24.0 Å². The van der Waals surface area contributed by atoms with Gasteiger partial charge in [-0.3, -0.25) is 9.89 Å². The normalized spacial score (nSPS) is 21.1. The van der Waals surface area contributed by atoms with Crippen molar-refractivity contribution in [3.63, 3.8) is 0 Å². The van der Waals surface area contributed by atoms with Crippen molar-refractivity contribution in [1.82, 2.24) is 20.9 Å². The number of halogens is 2. The molecule has 1 saturated heterocycles. The lowest BCUT2D eigenvalue weighted by atomic mass is 9.85. The first-order valence-corrected chi connectivity index (χ1v) is 10.3. The lowest BCUT2D eigenvalue weighted by Crippen LogP contribution is -2.47. The number of nitrogens with zero attached hydrogens (tertiary/aromatic N) is 2. The number of nitrogens with one attached hydrogen (secondary N) is 3. The summed E-state index contributed by atoms with van der Waals surface area (Å²) in [5, 5.41) is 11.2. The van der Waals surface area contributed by atoms with E-state index in [2.05, 4.69) is 65.8 Å². The van der Waals surface area contributed by atoms with Crippen LogP contribution in [0, 0.1) is 5.92 Å². The number of likely N-dealkylation sites (tertiary alicyclic amines) is 1. The van der Waals surface area contributed by atoms with Crippen LogP contribution in [0.3, 0.4) is 0 Å². The largest absolute Gasteiger partial charge is 0.356 e. The highest BCUT2D eigenvalue weighted by molar-refractivity contribution is 14.0. The van der Waals surface area contributed by atoms with Gasteiger partial charge in [-0.25, -0.2) is 0 Å². The topological polar surface area (TPSA) is 51.7 Å². The first kappa shape index (κ1) is 25.5. The van der Waals surface area contributed by atoms with Gasteiger partial charge in [0.15, 0.2) is 5.96 Å². The molecule has 28 heavy (non-hydrogen) atoms. The molecule has 3 N–H and O–H groups in total. The zero-order valence-corrected chi connectivity index (χ0v) is 21.0. The van der Waals surface area contributed by atoms with Gasteiger partial charge in [-0.05, 0) is 70.8 Å². The molecular formula is C21H37ClIN5. The molecule has 0 amide bonds. The Morgan fingerprint density at radius 2 is 2.00 bits per heavy atom. The van der Waals surface area contributed by atoms with Crippen molar-refractivity contribution in [3.05, 3.63) is 34.9 Å². The highest BCUT2D eigenvalue weighted by Gasteiger charge is 2.30. The molecule has 1 heterocycles. The summed E-state index contributed by atoms with van der Waals surface area (Å²) in [6, 6.07) is 8.67. The fraction of sp³-hybridized carbons (Fsp3) is 0.667. The summed E-state index contributed by atoms with van der Waals surface area (Å²) in [5.41, 5.74) is 1.43. The summed E-state index contributed by atoms with van der Waals surface area (Å²) in [5.74, 6) is 1.39. The van der Waals surface area contributed by atoms with Gasteiger partial charge in [0.1, 0.15) is 0 Å². The lowest BCUT2D eigenvalue weighted by Gasteiger charge is -2.40. The smallest absolute Gasteiger partial charge is 0.191 e. The number of rotatable bonds is 6. The number of piperidine rings is 1. The summed E-state index contributed by atoms with van der Waals surface area (Å²) < 4.78 is 0. The number of hydrogen-bond donors (Lipinski definition) is 3. The Kier molecular flexibility index (Phi) is 11.1. The Morgan fingerprint density at radius 1 is 1.25 bits per heavy atom. The van der Waals surface area contributed by atoms with Gasteiger partial charge >= 0.3 is 0 Å². The molecule has 0 bridgehead atoms. The van der Waals surface area contributed by atoms with Crippen molar-refractivity contribution in [2.75, 3.05) is 40.3 Å². The van der Waals surface area contributed by atoms with Crippen LogP contribution >= 0.6 is 35.6 Å². The maximum atomic E-state index is 6.24.